The van der Waals surface area contributed by atoms with E-state index < -0.39 is 0 Å². The number of hydrogen-bond donors (Lipinski definition) is 0. The summed E-state index contributed by atoms with van der Waals surface area (Å²) in [6.07, 6.45) is 5.20. The van der Waals surface area contributed by atoms with Gasteiger partial charge in [0.15, 0.2) is 0 Å². The fourth-order valence-corrected chi connectivity index (χ4v) is 4.19. The lowest BCUT2D eigenvalue weighted by Gasteiger charge is -2.19. The quantitative estimate of drug-likeness (QED) is 0.410. The Kier molecular flexibility index (Phi) is 5.22. The van der Waals surface area contributed by atoms with Gasteiger partial charge in [0.2, 0.25) is 0 Å². The average Bonchev–Trinajstić information content (AvgIpc) is 3.26. The molecule has 0 aliphatic carbocycles. The Labute approximate surface area is 165 Å². The molecule has 7 heteroatoms. The second-order valence-corrected chi connectivity index (χ2v) is 7.83. The normalized spacial score (nSPS) is 12.5. The first-order chi connectivity index (χ1) is 12.7. The first-order valence-corrected chi connectivity index (χ1v) is 9.62. The smallest absolute Gasteiger partial charge is 0.120 e. The fourth-order valence-electron chi connectivity index (χ4n) is 2.76. The first-order valence-electron chi connectivity index (χ1n) is 8.05. The maximum absolute atomic E-state index is 6.21. The molecule has 4 rings (SSSR count). The molecule has 0 aliphatic rings. The highest BCUT2D eigenvalue weighted by Gasteiger charge is 2.16. The lowest BCUT2D eigenvalue weighted by Crippen LogP contribution is -2.12. The van der Waals surface area contributed by atoms with Gasteiger partial charge in [0.1, 0.15) is 11.1 Å². The Balaban J connectivity index is 1.57. The van der Waals surface area contributed by atoms with Crippen LogP contribution in [0.5, 0.6) is 0 Å². The van der Waals surface area contributed by atoms with E-state index in [2.05, 4.69) is 16.0 Å². The van der Waals surface area contributed by atoms with Crippen LogP contribution in [0, 0.1) is 0 Å². The molecule has 4 nitrogen and oxygen atoms in total. The molecule has 0 spiro atoms. The van der Waals surface area contributed by atoms with Crippen LogP contribution in [-0.4, -0.2) is 14.5 Å². The molecule has 2 heterocycles. The standard InChI is InChI=1S/C19H15Cl2N3OS/c20-14-7-13(8-15(21)9-14)17(10-24-6-5-22-12-24)25-11-19-23-16-3-1-2-4-18(16)26-19/h1-9,12,17H,10-11H2. The van der Waals surface area contributed by atoms with Crippen LogP contribution in [0.4, 0.5) is 0 Å². The minimum atomic E-state index is -0.215. The molecule has 1 atom stereocenters. The Morgan fingerprint density at radius 1 is 1.12 bits per heavy atom. The third kappa shape index (κ3) is 4.07. The van der Waals surface area contributed by atoms with Crippen molar-refractivity contribution in [2.75, 3.05) is 0 Å². The van der Waals surface area contributed by atoms with E-state index in [0.29, 0.717) is 23.2 Å². The Morgan fingerprint density at radius 2 is 1.92 bits per heavy atom. The van der Waals surface area contributed by atoms with E-state index in [1.807, 2.05) is 41.1 Å². The summed E-state index contributed by atoms with van der Waals surface area (Å²) in [7, 11) is 0. The third-order valence-electron chi connectivity index (χ3n) is 3.94. The number of fused-ring (bicyclic) bond motifs is 1. The van der Waals surface area contributed by atoms with Gasteiger partial charge in [0, 0.05) is 22.4 Å². The lowest BCUT2D eigenvalue weighted by atomic mass is 10.1. The zero-order valence-corrected chi connectivity index (χ0v) is 16.0. The van der Waals surface area contributed by atoms with Gasteiger partial charge in [-0.05, 0) is 35.9 Å². The molecule has 2 aromatic carbocycles. The van der Waals surface area contributed by atoms with Crippen LogP contribution < -0.4 is 0 Å². The number of thiazole rings is 1. The Bertz CT molecular complexity index is 963. The van der Waals surface area contributed by atoms with E-state index in [4.69, 9.17) is 27.9 Å². The summed E-state index contributed by atoms with van der Waals surface area (Å²) in [5.74, 6) is 0. The molecular weight excluding hydrogens is 389 g/mol. The van der Waals surface area contributed by atoms with Crippen LogP contribution in [0.3, 0.4) is 0 Å². The molecule has 2 aromatic heterocycles. The maximum atomic E-state index is 6.21. The van der Waals surface area contributed by atoms with Gasteiger partial charge in [0.25, 0.3) is 0 Å². The SMILES string of the molecule is Clc1cc(Cl)cc(C(Cn2ccnc2)OCc2nc3ccccc3s2)c1. The van der Waals surface area contributed by atoms with Gasteiger partial charge in [0.05, 0.1) is 29.7 Å². The predicted octanol–water partition coefficient (Wildman–Crippen LogP) is 5.76. The summed E-state index contributed by atoms with van der Waals surface area (Å²) in [4.78, 5) is 8.73. The number of halogens is 2. The number of imidazole rings is 1. The van der Waals surface area contributed by atoms with Gasteiger partial charge in [-0.3, -0.25) is 0 Å². The lowest BCUT2D eigenvalue weighted by molar-refractivity contribution is 0.0279. The monoisotopic (exact) mass is 403 g/mol. The molecule has 1 unspecified atom stereocenters. The zero-order chi connectivity index (χ0) is 17.9. The second-order valence-electron chi connectivity index (χ2n) is 5.84. The van der Waals surface area contributed by atoms with Gasteiger partial charge >= 0.3 is 0 Å². The highest BCUT2D eigenvalue weighted by Crippen LogP contribution is 2.29. The summed E-state index contributed by atoms with van der Waals surface area (Å²) in [6, 6.07) is 13.6. The van der Waals surface area contributed by atoms with Crippen molar-refractivity contribution < 1.29 is 4.74 Å². The third-order valence-corrected chi connectivity index (χ3v) is 5.39. The molecule has 132 valence electrons. The molecule has 0 fully saturated rings. The van der Waals surface area contributed by atoms with Gasteiger partial charge in [-0.2, -0.15) is 0 Å². The molecule has 4 aromatic rings. The molecular formula is C19H15Cl2N3OS. The van der Waals surface area contributed by atoms with Crippen molar-refractivity contribution in [1.29, 1.82) is 0 Å². The molecule has 0 saturated carbocycles. The summed E-state index contributed by atoms with van der Waals surface area (Å²) < 4.78 is 9.33. The minimum Gasteiger partial charge on any atom is -0.364 e. The van der Waals surface area contributed by atoms with Crippen LogP contribution in [0.25, 0.3) is 10.2 Å². The number of nitrogens with zero attached hydrogens (tertiary/aromatic N) is 3. The van der Waals surface area contributed by atoms with E-state index in [1.54, 1.807) is 29.9 Å². The molecule has 0 amide bonds. The fraction of sp³-hybridized carbons (Fsp3) is 0.158. The van der Waals surface area contributed by atoms with Crippen molar-refractivity contribution >= 4 is 44.8 Å². The summed E-state index contributed by atoms with van der Waals surface area (Å²) in [5.41, 5.74) is 1.92. The summed E-state index contributed by atoms with van der Waals surface area (Å²) in [5, 5.41) is 2.12. The highest BCUT2D eigenvalue weighted by atomic mass is 35.5. The van der Waals surface area contributed by atoms with Crippen LogP contribution in [0.1, 0.15) is 16.7 Å². The number of rotatable bonds is 6. The molecule has 26 heavy (non-hydrogen) atoms. The van der Waals surface area contributed by atoms with E-state index in [9.17, 15) is 0 Å². The van der Waals surface area contributed by atoms with Crippen molar-refractivity contribution in [3.63, 3.8) is 0 Å². The first kappa shape index (κ1) is 17.5. The van der Waals surface area contributed by atoms with Crippen molar-refractivity contribution in [2.24, 2.45) is 0 Å². The summed E-state index contributed by atoms with van der Waals surface area (Å²) in [6.45, 7) is 1.03. The van der Waals surface area contributed by atoms with Crippen LogP contribution in [0.15, 0.2) is 61.2 Å². The molecule has 0 aliphatic heterocycles. The maximum Gasteiger partial charge on any atom is 0.120 e. The van der Waals surface area contributed by atoms with Crippen molar-refractivity contribution in [1.82, 2.24) is 14.5 Å². The zero-order valence-electron chi connectivity index (χ0n) is 13.7. The number of para-hydroxylation sites is 1. The average molecular weight is 404 g/mol. The van der Waals surface area contributed by atoms with Crippen LogP contribution >= 0.6 is 34.5 Å². The van der Waals surface area contributed by atoms with Gasteiger partial charge in [-0.1, -0.05) is 35.3 Å². The number of hydrogen-bond acceptors (Lipinski definition) is 4. The second kappa shape index (κ2) is 7.76. The van der Waals surface area contributed by atoms with E-state index in [-0.39, 0.29) is 6.10 Å². The molecule has 0 bridgehead atoms. The highest BCUT2D eigenvalue weighted by molar-refractivity contribution is 7.18. The Morgan fingerprint density at radius 3 is 2.65 bits per heavy atom. The van der Waals surface area contributed by atoms with Crippen LogP contribution in [-0.2, 0) is 17.9 Å². The number of benzene rings is 2. The van der Waals surface area contributed by atoms with E-state index in [1.165, 1.54) is 0 Å². The van der Waals surface area contributed by atoms with Gasteiger partial charge < -0.3 is 9.30 Å². The molecule has 0 saturated heterocycles. The topological polar surface area (TPSA) is 39.9 Å². The van der Waals surface area contributed by atoms with E-state index in [0.717, 1.165) is 20.8 Å². The number of aromatic nitrogens is 3. The van der Waals surface area contributed by atoms with E-state index >= 15 is 0 Å². The molecule has 0 radical (unpaired) electrons. The van der Waals surface area contributed by atoms with Gasteiger partial charge in [-0.15, -0.1) is 11.3 Å². The Hall–Kier alpha value is -1.92. The van der Waals surface area contributed by atoms with Crippen molar-refractivity contribution in [2.45, 2.75) is 19.3 Å². The van der Waals surface area contributed by atoms with Crippen molar-refractivity contribution in [3.8, 4) is 0 Å². The van der Waals surface area contributed by atoms with Crippen LogP contribution in [0.2, 0.25) is 10.0 Å². The summed E-state index contributed by atoms with van der Waals surface area (Å²) >= 11 is 14.0. The minimum absolute atomic E-state index is 0.215. The van der Waals surface area contributed by atoms with Crippen molar-refractivity contribution in [3.05, 3.63) is 81.8 Å². The number of ether oxygens (including phenoxy) is 1. The largest absolute Gasteiger partial charge is 0.364 e. The molecule has 0 N–H and O–H groups in total. The van der Waals surface area contributed by atoms with Gasteiger partial charge in [-0.25, -0.2) is 9.97 Å². The predicted molar refractivity (Wildman–Crippen MR) is 106 cm³/mol.